The molecular formula is C19H18ClN3O3S2. The molecule has 0 atom stereocenters. The van der Waals surface area contributed by atoms with Gasteiger partial charge in [0, 0.05) is 23.3 Å². The number of carbonyl (C=O) groups excluding carboxylic acids is 1. The molecule has 0 fully saturated rings. The van der Waals surface area contributed by atoms with Crippen LogP contribution in [0.2, 0.25) is 5.02 Å². The molecule has 0 saturated heterocycles. The van der Waals surface area contributed by atoms with Crippen molar-refractivity contribution in [3.63, 3.8) is 0 Å². The maximum atomic E-state index is 12.0. The topological polar surface area (TPSA) is 87.3 Å². The molecule has 0 unspecified atom stereocenters. The summed E-state index contributed by atoms with van der Waals surface area (Å²) >= 11 is 11.1. The average molecular weight is 436 g/mol. The molecule has 0 aliphatic heterocycles. The lowest BCUT2D eigenvalue weighted by atomic mass is 10.2. The first kappa shape index (κ1) is 21.8. The predicted octanol–water partition coefficient (Wildman–Crippen LogP) is 3.33. The molecule has 2 aromatic rings. The number of sulfonamides is 1. The lowest BCUT2D eigenvalue weighted by Crippen LogP contribution is -2.32. The lowest BCUT2D eigenvalue weighted by Gasteiger charge is -2.09. The van der Waals surface area contributed by atoms with Crippen molar-refractivity contribution < 1.29 is 13.2 Å². The van der Waals surface area contributed by atoms with Gasteiger partial charge in [0.05, 0.1) is 4.90 Å². The van der Waals surface area contributed by atoms with E-state index in [1.807, 2.05) is 6.07 Å². The molecule has 6 nitrogen and oxygen atoms in total. The zero-order chi connectivity index (χ0) is 20.6. The van der Waals surface area contributed by atoms with Crippen LogP contribution in [-0.4, -0.2) is 26.0 Å². The Balaban J connectivity index is 1.93. The first-order valence-corrected chi connectivity index (χ1v) is 10.3. The third-order valence-corrected chi connectivity index (χ3v) is 5.38. The van der Waals surface area contributed by atoms with E-state index in [4.69, 9.17) is 23.8 Å². The van der Waals surface area contributed by atoms with Crippen LogP contribution in [0.4, 0.5) is 5.69 Å². The van der Waals surface area contributed by atoms with Crippen LogP contribution in [0.15, 0.2) is 72.2 Å². The predicted molar refractivity (Wildman–Crippen MR) is 117 cm³/mol. The van der Waals surface area contributed by atoms with E-state index >= 15 is 0 Å². The lowest BCUT2D eigenvalue weighted by molar-refractivity contribution is -0.115. The highest BCUT2D eigenvalue weighted by Gasteiger charge is 2.12. The SMILES string of the molecule is C=CCNS(=O)(=O)c1ccc(NC(=S)NC(=O)/C=C/c2ccccc2Cl)cc1. The van der Waals surface area contributed by atoms with Gasteiger partial charge in [0.25, 0.3) is 0 Å². The van der Waals surface area contributed by atoms with Gasteiger partial charge in [-0.05, 0) is 54.2 Å². The number of nitrogens with one attached hydrogen (secondary N) is 3. The van der Waals surface area contributed by atoms with Crippen molar-refractivity contribution >= 4 is 56.6 Å². The van der Waals surface area contributed by atoms with E-state index in [9.17, 15) is 13.2 Å². The number of halogens is 1. The van der Waals surface area contributed by atoms with Gasteiger partial charge in [0.2, 0.25) is 15.9 Å². The molecule has 0 bridgehead atoms. The van der Waals surface area contributed by atoms with Gasteiger partial charge in [-0.15, -0.1) is 6.58 Å². The van der Waals surface area contributed by atoms with Gasteiger partial charge in [-0.1, -0.05) is 35.9 Å². The highest BCUT2D eigenvalue weighted by atomic mass is 35.5. The highest BCUT2D eigenvalue weighted by molar-refractivity contribution is 7.89. The number of rotatable bonds is 7. The van der Waals surface area contributed by atoms with Gasteiger partial charge in [-0.3, -0.25) is 10.1 Å². The summed E-state index contributed by atoms with van der Waals surface area (Å²) in [7, 11) is -3.60. The van der Waals surface area contributed by atoms with Gasteiger partial charge in [-0.2, -0.15) is 0 Å². The minimum absolute atomic E-state index is 0.0780. The van der Waals surface area contributed by atoms with E-state index in [-0.39, 0.29) is 16.6 Å². The number of carbonyl (C=O) groups is 1. The molecule has 1 amide bonds. The van der Waals surface area contributed by atoms with Crippen LogP contribution in [0.1, 0.15) is 5.56 Å². The standard InChI is InChI=1S/C19H18ClN3O3S2/c1-2-13-21-28(25,26)16-10-8-15(9-11-16)22-19(27)23-18(24)12-7-14-5-3-4-6-17(14)20/h2-12,21H,1,13H2,(H2,22,23,24,27)/b12-7+. The van der Waals surface area contributed by atoms with Crippen molar-refractivity contribution in [2.45, 2.75) is 4.90 Å². The Hall–Kier alpha value is -2.52. The minimum Gasteiger partial charge on any atom is -0.332 e. The van der Waals surface area contributed by atoms with Crippen molar-refractivity contribution in [3.8, 4) is 0 Å². The molecule has 0 spiro atoms. The Bertz CT molecular complexity index is 1000. The van der Waals surface area contributed by atoms with Gasteiger partial charge < -0.3 is 5.32 Å². The summed E-state index contributed by atoms with van der Waals surface area (Å²) in [4.78, 5) is 12.1. The Morgan fingerprint density at radius 2 is 1.82 bits per heavy atom. The summed E-state index contributed by atoms with van der Waals surface area (Å²) in [6.07, 6.45) is 4.35. The molecule has 0 heterocycles. The maximum absolute atomic E-state index is 12.0. The Kier molecular flexibility index (Phi) is 7.89. The summed E-state index contributed by atoms with van der Waals surface area (Å²) in [5.74, 6) is -0.426. The molecule has 0 radical (unpaired) electrons. The van der Waals surface area contributed by atoms with Crippen LogP contribution in [0, 0.1) is 0 Å². The number of thiocarbonyl (C=S) groups is 1. The van der Waals surface area contributed by atoms with E-state index in [2.05, 4.69) is 21.9 Å². The Morgan fingerprint density at radius 3 is 2.46 bits per heavy atom. The molecule has 0 aliphatic rings. The molecular weight excluding hydrogens is 418 g/mol. The normalized spacial score (nSPS) is 11.2. The Morgan fingerprint density at radius 1 is 1.14 bits per heavy atom. The van der Waals surface area contributed by atoms with Crippen molar-refractivity contribution in [1.82, 2.24) is 10.0 Å². The molecule has 3 N–H and O–H groups in total. The second-order valence-corrected chi connectivity index (χ2v) is 8.05. The fourth-order valence-electron chi connectivity index (χ4n) is 2.06. The minimum atomic E-state index is -3.60. The molecule has 9 heteroatoms. The van der Waals surface area contributed by atoms with Crippen LogP contribution >= 0.6 is 23.8 Å². The molecule has 2 aromatic carbocycles. The maximum Gasteiger partial charge on any atom is 0.250 e. The van der Waals surface area contributed by atoms with E-state index in [0.717, 1.165) is 0 Å². The first-order chi connectivity index (χ1) is 13.3. The van der Waals surface area contributed by atoms with Crippen LogP contribution < -0.4 is 15.4 Å². The van der Waals surface area contributed by atoms with Crippen molar-refractivity contribution in [2.75, 3.05) is 11.9 Å². The Labute approximate surface area is 174 Å². The second kappa shape index (κ2) is 10.1. The fraction of sp³-hybridized carbons (Fsp3) is 0.0526. The van der Waals surface area contributed by atoms with Crippen LogP contribution in [0.5, 0.6) is 0 Å². The zero-order valence-corrected chi connectivity index (χ0v) is 17.1. The quantitative estimate of drug-likeness (QED) is 0.353. The molecule has 0 aromatic heterocycles. The average Bonchev–Trinajstić information content (AvgIpc) is 2.66. The number of hydrogen-bond donors (Lipinski definition) is 3. The largest absolute Gasteiger partial charge is 0.332 e. The number of anilines is 1. The summed E-state index contributed by atoms with van der Waals surface area (Å²) in [6, 6.07) is 13.0. The third kappa shape index (κ3) is 6.58. The van der Waals surface area contributed by atoms with E-state index in [1.165, 1.54) is 24.3 Å². The molecule has 0 aliphatic carbocycles. The van der Waals surface area contributed by atoms with E-state index in [1.54, 1.807) is 36.4 Å². The van der Waals surface area contributed by atoms with E-state index in [0.29, 0.717) is 16.3 Å². The number of benzene rings is 2. The first-order valence-electron chi connectivity index (χ1n) is 8.07. The highest BCUT2D eigenvalue weighted by Crippen LogP contribution is 2.16. The summed E-state index contributed by atoms with van der Waals surface area (Å²) in [5.41, 5.74) is 1.24. The van der Waals surface area contributed by atoms with Gasteiger partial charge in [-0.25, -0.2) is 13.1 Å². The number of amides is 1. The van der Waals surface area contributed by atoms with Gasteiger partial charge >= 0.3 is 0 Å². The van der Waals surface area contributed by atoms with Crippen molar-refractivity contribution in [3.05, 3.63) is 77.8 Å². The summed E-state index contributed by atoms with van der Waals surface area (Å²) in [6.45, 7) is 3.60. The van der Waals surface area contributed by atoms with Crippen molar-refractivity contribution in [2.24, 2.45) is 0 Å². The van der Waals surface area contributed by atoms with Crippen LogP contribution in [0.3, 0.4) is 0 Å². The third-order valence-electron chi connectivity index (χ3n) is 3.40. The summed E-state index contributed by atoms with van der Waals surface area (Å²) in [5, 5.41) is 5.92. The smallest absolute Gasteiger partial charge is 0.250 e. The van der Waals surface area contributed by atoms with E-state index < -0.39 is 15.9 Å². The number of hydrogen-bond acceptors (Lipinski definition) is 4. The van der Waals surface area contributed by atoms with Gasteiger partial charge in [0.1, 0.15) is 0 Å². The molecule has 28 heavy (non-hydrogen) atoms. The summed E-state index contributed by atoms with van der Waals surface area (Å²) < 4.78 is 26.4. The van der Waals surface area contributed by atoms with Gasteiger partial charge in [0.15, 0.2) is 5.11 Å². The van der Waals surface area contributed by atoms with Crippen LogP contribution in [0.25, 0.3) is 6.08 Å². The van der Waals surface area contributed by atoms with Crippen molar-refractivity contribution in [1.29, 1.82) is 0 Å². The molecule has 146 valence electrons. The van der Waals surface area contributed by atoms with Crippen LogP contribution in [-0.2, 0) is 14.8 Å². The fourth-order valence-corrected chi connectivity index (χ4v) is 3.48. The molecule has 0 saturated carbocycles. The second-order valence-electron chi connectivity index (χ2n) is 5.46. The zero-order valence-electron chi connectivity index (χ0n) is 14.7. The monoisotopic (exact) mass is 435 g/mol. The molecule has 2 rings (SSSR count).